The van der Waals surface area contributed by atoms with Gasteiger partial charge in [0, 0.05) is 11.6 Å². The minimum Gasteiger partial charge on any atom is -0.384 e. The molecule has 3 unspecified atom stereocenters. The Labute approximate surface area is 124 Å². The molecule has 4 heteroatoms. The van der Waals surface area contributed by atoms with Crippen molar-refractivity contribution < 1.29 is 14.3 Å². The Kier molecular flexibility index (Phi) is 4.98. The highest BCUT2D eigenvalue weighted by Gasteiger charge is 2.31. The molecule has 1 aromatic rings. The van der Waals surface area contributed by atoms with Gasteiger partial charge in [0.25, 0.3) is 5.91 Å². The van der Waals surface area contributed by atoms with Crippen molar-refractivity contribution in [3.05, 3.63) is 35.1 Å². The van der Waals surface area contributed by atoms with Crippen LogP contribution in [0.2, 0.25) is 0 Å². The molecule has 0 aliphatic heterocycles. The summed E-state index contributed by atoms with van der Waals surface area (Å²) in [6, 6.07) is 4.04. The van der Waals surface area contributed by atoms with Crippen LogP contribution in [0.25, 0.3) is 0 Å². The van der Waals surface area contributed by atoms with Crippen LogP contribution in [-0.2, 0) is 0 Å². The molecule has 1 fully saturated rings. The van der Waals surface area contributed by atoms with E-state index in [-0.39, 0.29) is 24.1 Å². The van der Waals surface area contributed by atoms with Gasteiger partial charge in [-0.2, -0.15) is 0 Å². The summed E-state index contributed by atoms with van der Waals surface area (Å²) in [5.74, 6) is 5.40. The second-order valence-electron chi connectivity index (χ2n) is 5.64. The Morgan fingerprint density at radius 2 is 2.19 bits per heavy atom. The van der Waals surface area contributed by atoms with Crippen LogP contribution in [0, 0.1) is 29.5 Å². The summed E-state index contributed by atoms with van der Waals surface area (Å²) in [5.41, 5.74) is 0.657. The van der Waals surface area contributed by atoms with Crippen molar-refractivity contribution in [2.45, 2.75) is 32.7 Å². The maximum absolute atomic E-state index is 13.4. The molecule has 0 aromatic heterocycles. The molecule has 1 amide bonds. The van der Waals surface area contributed by atoms with Gasteiger partial charge in [-0.3, -0.25) is 4.79 Å². The van der Waals surface area contributed by atoms with E-state index in [1.165, 1.54) is 18.2 Å². The molecule has 2 N–H and O–H groups in total. The number of hydrogen-bond acceptors (Lipinski definition) is 2. The maximum atomic E-state index is 13.4. The topological polar surface area (TPSA) is 49.3 Å². The third-order valence-electron chi connectivity index (χ3n) is 4.31. The molecule has 0 heterocycles. The summed E-state index contributed by atoms with van der Waals surface area (Å²) in [5, 5.41) is 11.7. The lowest BCUT2D eigenvalue weighted by molar-refractivity contribution is 0.0926. The largest absolute Gasteiger partial charge is 0.384 e. The van der Waals surface area contributed by atoms with Crippen LogP contribution in [0.3, 0.4) is 0 Å². The van der Waals surface area contributed by atoms with Crippen molar-refractivity contribution in [3.8, 4) is 11.8 Å². The fourth-order valence-corrected chi connectivity index (χ4v) is 2.76. The Balaban J connectivity index is 2.20. The van der Waals surface area contributed by atoms with E-state index in [9.17, 15) is 9.18 Å². The Bertz CT molecular complexity index is 588. The molecule has 0 radical (unpaired) electrons. The number of rotatable bonds is 2. The molecular weight excluding hydrogens is 269 g/mol. The highest BCUT2D eigenvalue weighted by molar-refractivity contribution is 5.97. The third kappa shape index (κ3) is 3.62. The van der Waals surface area contributed by atoms with Crippen molar-refractivity contribution in [1.82, 2.24) is 5.32 Å². The lowest BCUT2D eigenvalue weighted by atomic mass is 9.97. The maximum Gasteiger partial charge on any atom is 0.252 e. The summed E-state index contributed by atoms with van der Waals surface area (Å²) in [6.45, 7) is 4.01. The van der Waals surface area contributed by atoms with Crippen LogP contribution in [-0.4, -0.2) is 23.7 Å². The van der Waals surface area contributed by atoms with Gasteiger partial charge in [0.1, 0.15) is 12.4 Å². The number of hydrogen-bond donors (Lipinski definition) is 2. The second kappa shape index (κ2) is 6.73. The van der Waals surface area contributed by atoms with Crippen LogP contribution < -0.4 is 5.32 Å². The zero-order chi connectivity index (χ0) is 15.4. The standard InChI is InChI=1S/C17H20FNO2/c1-11-5-8-16(12(11)2)19-17(21)15-10-14(18)7-6-13(15)4-3-9-20/h6-7,10-12,16,20H,5,8-9H2,1-2H3,(H,19,21). The molecule has 1 aliphatic carbocycles. The fraction of sp³-hybridized carbons (Fsp3) is 0.471. The van der Waals surface area contributed by atoms with E-state index >= 15 is 0 Å². The van der Waals surface area contributed by atoms with E-state index in [0.29, 0.717) is 17.4 Å². The van der Waals surface area contributed by atoms with E-state index in [1.807, 2.05) is 0 Å². The first-order valence-electron chi connectivity index (χ1n) is 7.23. The summed E-state index contributed by atoms with van der Waals surface area (Å²) in [4.78, 5) is 12.4. The van der Waals surface area contributed by atoms with Gasteiger partial charge in [0.2, 0.25) is 0 Å². The Morgan fingerprint density at radius 3 is 2.81 bits per heavy atom. The molecule has 0 bridgehead atoms. The highest BCUT2D eigenvalue weighted by Crippen LogP contribution is 2.31. The summed E-state index contributed by atoms with van der Waals surface area (Å²) >= 11 is 0. The van der Waals surface area contributed by atoms with Gasteiger partial charge in [0.15, 0.2) is 0 Å². The lowest BCUT2D eigenvalue weighted by Crippen LogP contribution is -2.37. The molecular formula is C17H20FNO2. The normalized spacial score (nSPS) is 24.3. The average molecular weight is 289 g/mol. The van der Waals surface area contributed by atoms with Crippen molar-refractivity contribution >= 4 is 5.91 Å². The van der Waals surface area contributed by atoms with Crippen LogP contribution in [0.5, 0.6) is 0 Å². The lowest BCUT2D eigenvalue weighted by Gasteiger charge is -2.20. The number of amides is 1. The number of carbonyl (C=O) groups excluding carboxylic acids is 1. The zero-order valence-electron chi connectivity index (χ0n) is 12.3. The molecule has 0 spiro atoms. The van der Waals surface area contributed by atoms with Gasteiger partial charge in [0.05, 0.1) is 5.56 Å². The number of carbonyl (C=O) groups is 1. The number of benzene rings is 1. The van der Waals surface area contributed by atoms with Gasteiger partial charge in [-0.1, -0.05) is 25.7 Å². The molecule has 3 atom stereocenters. The average Bonchev–Trinajstić information content (AvgIpc) is 2.78. The van der Waals surface area contributed by atoms with Gasteiger partial charge in [-0.15, -0.1) is 0 Å². The molecule has 3 nitrogen and oxygen atoms in total. The second-order valence-corrected chi connectivity index (χ2v) is 5.64. The minimum absolute atomic E-state index is 0.120. The predicted octanol–water partition coefficient (Wildman–Crippen LogP) is 2.33. The smallest absolute Gasteiger partial charge is 0.252 e. The molecule has 1 aliphatic rings. The summed E-state index contributed by atoms with van der Waals surface area (Å²) in [7, 11) is 0. The number of nitrogens with one attached hydrogen (secondary N) is 1. The van der Waals surface area contributed by atoms with Crippen molar-refractivity contribution in [1.29, 1.82) is 0 Å². The summed E-state index contributed by atoms with van der Waals surface area (Å²) < 4.78 is 13.4. The fourth-order valence-electron chi connectivity index (χ4n) is 2.76. The van der Waals surface area contributed by atoms with E-state index in [0.717, 1.165) is 12.8 Å². The van der Waals surface area contributed by atoms with E-state index < -0.39 is 5.82 Å². The van der Waals surface area contributed by atoms with Crippen LogP contribution in [0.1, 0.15) is 42.6 Å². The van der Waals surface area contributed by atoms with E-state index in [2.05, 4.69) is 31.0 Å². The predicted molar refractivity (Wildman–Crippen MR) is 79.2 cm³/mol. The number of aliphatic hydroxyl groups excluding tert-OH is 1. The molecule has 1 saturated carbocycles. The van der Waals surface area contributed by atoms with Crippen LogP contribution >= 0.6 is 0 Å². The van der Waals surface area contributed by atoms with Gasteiger partial charge < -0.3 is 10.4 Å². The van der Waals surface area contributed by atoms with Gasteiger partial charge >= 0.3 is 0 Å². The third-order valence-corrected chi connectivity index (χ3v) is 4.31. The Hall–Kier alpha value is -1.86. The van der Waals surface area contributed by atoms with E-state index in [4.69, 9.17) is 5.11 Å². The quantitative estimate of drug-likeness (QED) is 0.821. The van der Waals surface area contributed by atoms with Crippen LogP contribution in [0.4, 0.5) is 4.39 Å². The highest BCUT2D eigenvalue weighted by atomic mass is 19.1. The first-order chi connectivity index (χ1) is 10.0. The molecule has 0 saturated heterocycles. The first-order valence-corrected chi connectivity index (χ1v) is 7.23. The molecule has 112 valence electrons. The van der Waals surface area contributed by atoms with Crippen molar-refractivity contribution in [2.24, 2.45) is 11.8 Å². The Morgan fingerprint density at radius 1 is 1.43 bits per heavy atom. The molecule has 1 aromatic carbocycles. The number of aliphatic hydroxyl groups is 1. The van der Waals surface area contributed by atoms with Gasteiger partial charge in [-0.25, -0.2) is 4.39 Å². The SMILES string of the molecule is CC1CCC(NC(=O)c2cc(F)ccc2C#CCO)C1C. The van der Waals surface area contributed by atoms with Crippen molar-refractivity contribution in [3.63, 3.8) is 0 Å². The van der Waals surface area contributed by atoms with E-state index in [1.54, 1.807) is 0 Å². The van der Waals surface area contributed by atoms with Crippen LogP contribution in [0.15, 0.2) is 18.2 Å². The van der Waals surface area contributed by atoms with Crippen molar-refractivity contribution in [2.75, 3.05) is 6.61 Å². The minimum atomic E-state index is -0.470. The monoisotopic (exact) mass is 289 g/mol. The zero-order valence-corrected chi connectivity index (χ0v) is 12.3. The molecule has 2 rings (SSSR count). The first kappa shape index (κ1) is 15.5. The molecule has 21 heavy (non-hydrogen) atoms. The number of halogens is 1. The van der Waals surface area contributed by atoms with Gasteiger partial charge in [-0.05, 0) is 42.9 Å². The summed E-state index contributed by atoms with van der Waals surface area (Å²) in [6.07, 6.45) is 2.04.